The number of benzene rings is 1. The smallest absolute Gasteiger partial charge is 0.0897 e. The summed E-state index contributed by atoms with van der Waals surface area (Å²) in [6.07, 6.45) is 0.212. The van der Waals surface area contributed by atoms with Crippen LogP contribution in [0, 0.1) is 0 Å². The highest BCUT2D eigenvalue weighted by Gasteiger charge is 2.32. The number of ether oxygens (including phenoxy) is 1. The van der Waals surface area contributed by atoms with E-state index in [1.165, 1.54) is 15.6 Å². The van der Waals surface area contributed by atoms with Crippen LogP contribution in [0.2, 0.25) is 0 Å². The van der Waals surface area contributed by atoms with Gasteiger partial charge in [-0.2, -0.15) is 0 Å². The zero-order valence-corrected chi connectivity index (χ0v) is 13.8. The first-order valence-electron chi connectivity index (χ1n) is 7.68. The first kappa shape index (κ1) is 15.0. The molecule has 0 bridgehead atoms. The molecule has 1 saturated heterocycles. The molecule has 1 aliphatic heterocycles. The minimum absolute atomic E-state index is 0.212. The van der Waals surface area contributed by atoms with Crippen molar-refractivity contribution in [3.05, 3.63) is 35.2 Å². The van der Waals surface area contributed by atoms with Gasteiger partial charge < -0.3 is 10.1 Å². The molecule has 0 saturated carbocycles. The standard InChI is InChI=1S/C17H24N2OS/c1-12(2)18-10-15-17(19(3)8-9-20-15)14-11-21-16-7-5-4-6-13(14)16/h4-7,11-12,15,17-18H,8-10H2,1-3H3. The van der Waals surface area contributed by atoms with Crippen LogP contribution in [0.1, 0.15) is 25.5 Å². The third-order valence-electron chi connectivity index (χ3n) is 4.16. The molecule has 3 nitrogen and oxygen atoms in total. The number of nitrogens with zero attached hydrogens (tertiary/aromatic N) is 1. The van der Waals surface area contributed by atoms with Crippen molar-refractivity contribution in [2.24, 2.45) is 0 Å². The van der Waals surface area contributed by atoms with E-state index in [2.05, 4.69) is 60.8 Å². The van der Waals surface area contributed by atoms with Gasteiger partial charge in [0.05, 0.1) is 18.8 Å². The number of thiophene rings is 1. The summed E-state index contributed by atoms with van der Waals surface area (Å²) in [6.45, 7) is 7.08. The Hall–Kier alpha value is -0.940. The molecule has 2 unspecified atom stereocenters. The summed E-state index contributed by atoms with van der Waals surface area (Å²) in [5, 5.41) is 7.21. The number of hydrogen-bond acceptors (Lipinski definition) is 4. The molecule has 1 aromatic heterocycles. The average Bonchev–Trinajstić information content (AvgIpc) is 2.89. The average molecular weight is 304 g/mol. The summed E-state index contributed by atoms with van der Waals surface area (Å²) < 4.78 is 7.45. The topological polar surface area (TPSA) is 24.5 Å². The summed E-state index contributed by atoms with van der Waals surface area (Å²) in [4.78, 5) is 2.44. The SMILES string of the molecule is CC(C)NCC1OCCN(C)C1c1csc2ccccc12. The second-order valence-corrected chi connectivity index (χ2v) is 7.00. The van der Waals surface area contributed by atoms with E-state index in [1.54, 1.807) is 0 Å². The van der Waals surface area contributed by atoms with Crippen LogP contribution in [0.5, 0.6) is 0 Å². The van der Waals surface area contributed by atoms with E-state index < -0.39 is 0 Å². The van der Waals surface area contributed by atoms with E-state index in [0.29, 0.717) is 12.1 Å². The van der Waals surface area contributed by atoms with Crippen molar-refractivity contribution < 1.29 is 4.74 Å². The van der Waals surface area contributed by atoms with Gasteiger partial charge in [-0.1, -0.05) is 32.0 Å². The van der Waals surface area contributed by atoms with Crippen LogP contribution >= 0.6 is 11.3 Å². The summed E-state index contributed by atoms with van der Waals surface area (Å²) in [7, 11) is 2.21. The van der Waals surface area contributed by atoms with Crippen molar-refractivity contribution in [1.82, 2.24) is 10.2 Å². The highest BCUT2D eigenvalue weighted by molar-refractivity contribution is 7.17. The number of morpholine rings is 1. The predicted octanol–water partition coefficient (Wildman–Crippen LogP) is 3.27. The lowest BCUT2D eigenvalue weighted by Gasteiger charge is -2.39. The van der Waals surface area contributed by atoms with E-state index >= 15 is 0 Å². The largest absolute Gasteiger partial charge is 0.374 e. The van der Waals surface area contributed by atoms with Crippen LogP contribution in [0.3, 0.4) is 0 Å². The van der Waals surface area contributed by atoms with Crippen LogP contribution in [-0.2, 0) is 4.74 Å². The van der Waals surface area contributed by atoms with Gasteiger partial charge in [-0.3, -0.25) is 4.90 Å². The van der Waals surface area contributed by atoms with Crippen LogP contribution in [0.25, 0.3) is 10.1 Å². The molecule has 4 heteroatoms. The monoisotopic (exact) mass is 304 g/mol. The van der Waals surface area contributed by atoms with Gasteiger partial charge in [0.1, 0.15) is 0 Å². The van der Waals surface area contributed by atoms with Gasteiger partial charge in [-0.25, -0.2) is 0 Å². The molecule has 0 radical (unpaired) electrons. The predicted molar refractivity (Wildman–Crippen MR) is 90.1 cm³/mol. The first-order valence-corrected chi connectivity index (χ1v) is 8.56. The number of hydrogen-bond donors (Lipinski definition) is 1. The van der Waals surface area contributed by atoms with Gasteiger partial charge in [0.15, 0.2) is 0 Å². The molecule has 2 heterocycles. The van der Waals surface area contributed by atoms with Crippen LogP contribution < -0.4 is 5.32 Å². The van der Waals surface area contributed by atoms with Crippen LogP contribution in [0.15, 0.2) is 29.6 Å². The summed E-state index contributed by atoms with van der Waals surface area (Å²) >= 11 is 1.83. The summed E-state index contributed by atoms with van der Waals surface area (Å²) in [5.74, 6) is 0. The molecule has 1 fully saturated rings. The number of rotatable bonds is 4. The van der Waals surface area contributed by atoms with E-state index in [9.17, 15) is 0 Å². The Morgan fingerprint density at radius 2 is 2.19 bits per heavy atom. The fraction of sp³-hybridized carbons (Fsp3) is 0.529. The van der Waals surface area contributed by atoms with E-state index in [0.717, 1.165) is 19.7 Å². The minimum Gasteiger partial charge on any atom is -0.374 e. The van der Waals surface area contributed by atoms with Gasteiger partial charge in [-0.05, 0) is 29.4 Å². The Bertz CT molecular complexity index is 595. The molecule has 2 atom stereocenters. The molecular weight excluding hydrogens is 280 g/mol. The second kappa shape index (κ2) is 6.44. The molecule has 1 aliphatic rings. The van der Waals surface area contributed by atoms with Gasteiger partial charge >= 0.3 is 0 Å². The zero-order valence-electron chi connectivity index (χ0n) is 13.0. The maximum absolute atomic E-state index is 6.08. The third kappa shape index (κ3) is 3.14. The molecule has 114 valence electrons. The lowest BCUT2D eigenvalue weighted by atomic mass is 9.97. The van der Waals surface area contributed by atoms with E-state index in [1.807, 2.05) is 11.3 Å². The molecule has 2 aromatic rings. The van der Waals surface area contributed by atoms with Gasteiger partial charge in [0.2, 0.25) is 0 Å². The van der Waals surface area contributed by atoms with Gasteiger partial charge in [0.25, 0.3) is 0 Å². The highest BCUT2D eigenvalue weighted by Crippen LogP contribution is 2.36. The third-order valence-corrected chi connectivity index (χ3v) is 5.14. The molecular formula is C17H24N2OS. The quantitative estimate of drug-likeness (QED) is 0.938. The maximum atomic E-state index is 6.08. The fourth-order valence-electron chi connectivity index (χ4n) is 3.05. The molecule has 21 heavy (non-hydrogen) atoms. The second-order valence-electron chi connectivity index (χ2n) is 6.08. The molecule has 0 amide bonds. The van der Waals surface area contributed by atoms with Crippen molar-refractivity contribution in [2.45, 2.75) is 32.0 Å². The number of fused-ring (bicyclic) bond motifs is 1. The number of likely N-dealkylation sites (N-methyl/N-ethyl adjacent to an activating group) is 1. The normalized spacial score (nSPS) is 24.0. The summed E-state index contributed by atoms with van der Waals surface area (Å²) in [6, 6.07) is 9.50. The lowest BCUT2D eigenvalue weighted by Crippen LogP contribution is -2.48. The molecule has 0 aliphatic carbocycles. The molecule has 3 rings (SSSR count). The van der Waals surface area contributed by atoms with Crippen molar-refractivity contribution in [3.63, 3.8) is 0 Å². The van der Waals surface area contributed by atoms with Crippen molar-refractivity contribution >= 4 is 21.4 Å². The molecule has 0 spiro atoms. The Labute approximate surface area is 130 Å². The molecule has 1 aromatic carbocycles. The van der Waals surface area contributed by atoms with Gasteiger partial charge in [-0.15, -0.1) is 11.3 Å². The highest BCUT2D eigenvalue weighted by atomic mass is 32.1. The maximum Gasteiger partial charge on any atom is 0.0897 e. The van der Waals surface area contributed by atoms with Crippen molar-refractivity contribution in [2.75, 3.05) is 26.7 Å². The Balaban J connectivity index is 1.91. The van der Waals surface area contributed by atoms with E-state index in [-0.39, 0.29) is 6.10 Å². The van der Waals surface area contributed by atoms with Crippen LogP contribution in [0.4, 0.5) is 0 Å². The number of nitrogens with one attached hydrogen (secondary N) is 1. The first-order chi connectivity index (χ1) is 10.2. The Kier molecular flexibility index (Phi) is 4.60. The van der Waals surface area contributed by atoms with Crippen LogP contribution in [-0.4, -0.2) is 43.8 Å². The molecule has 1 N–H and O–H groups in total. The minimum atomic E-state index is 0.212. The fourth-order valence-corrected chi connectivity index (χ4v) is 4.04. The van der Waals surface area contributed by atoms with Crippen molar-refractivity contribution in [1.29, 1.82) is 0 Å². The van der Waals surface area contributed by atoms with E-state index in [4.69, 9.17) is 4.74 Å². The van der Waals surface area contributed by atoms with Gasteiger partial charge in [0, 0.05) is 23.8 Å². The Morgan fingerprint density at radius 1 is 1.38 bits per heavy atom. The zero-order chi connectivity index (χ0) is 14.8. The summed E-state index contributed by atoms with van der Waals surface area (Å²) in [5.41, 5.74) is 1.41. The van der Waals surface area contributed by atoms with Crippen molar-refractivity contribution in [3.8, 4) is 0 Å². The Morgan fingerprint density at radius 3 is 3.00 bits per heavy atom. The lowest BCUT2D eigenvalue weighted by molar-refractivity contribution is -0.0614.